The highest BCUT2D eigenvalue weighted by Crippen LogP contribution is 2.24. The molecule has 1 fully saturated rings. The summed E-state index contributed by atoms with van der Waals surface area (Å²) >= 11 is 0. The van der Waals surface area contributed by atoms with E-state index < -0.39 is 10.1 Å². The highest BCUT2D eigenvalue weighted by atomic mass is 32.2. The van der Waals surface area contributed by atoms with Crippen LogP contribution >= 0.6 is 0 Å². The number of ketones is 1. The first-order valence-electron chi connectivity index (χ1n) is 14.7. The highest BCUT2D eigenvalue weighted by molar-refractivity contribution is 7.86. The zero-order valence-corrected chi connectivity index (χ0v) is 25.4. The highest BCUT2D eigenvalue weighted by Gasteiger charge is 2.29. The van der Waals surface area contributed by atoms with Gasteiger partial charge in [-0.05, 0) is 94.7 Å². The fraction of sp³-hybridized carbons (Fsp3) is 0.406. The van der Waals surface area contributed by atoms with Gasteiger partial charge in [-0.3, -0.25) is 13.9 Å². The van der Waals surface area contributed by atoms with E-state index in [-0.39, 0.29) is 28.3 Å². The molecular formula is C32H37FN4O5S. The predicted octanol–water partition coefficient (Wildman–Crippen LogP) is 4.90. The minimum Gasteiger partial charge on any atom is -0.343 e. The molecule has 2 aromatic carbocycles. The molecule has 1 amide bonds. The molecule has 0 atom stereocenters. The van der Waals surface area contributed by atoms with Gasteiger partial charge in [-0.15, -0.1) is 0 Å². The Morgan fingerprint density at radius 1 is 0.977 bits per heavy atom. The number of nitrogens with zero attached hydrogens (tertiary/aromatic N) is 4. The third-order valence-corrected chi connectivity index (χ3v) is 9.39. The first-order chi connectivity index (χ1) is 20.6. The molecule has 2 aliphatic rings. The number of benzene rings is 2. The number of aromatic nitrogens is 1. The van der Waals surface area contributed by atoms with Crippen LogP contribution in [0.4, 0.5) is 4.39 Å². The smallest absolute Gasteiger partial charge is 0.343 e. The van der Waals surface area contributed by atoms with Gasteiger partial charge in [-0.1, -0.05) is 22.9 Å². The van der Waals surface area contributed by atoms with Gasteiger partial charge in [0.15, 0.2) is 5.78 Å². The van der Waals surface area contributed by atoms with Crippen molar-refractivity contribution in [1.29, 1.82) is 0 Å². The molecule has 0 saturated carbocycles. The molecule has 3 aromatic rings. The van der Waals surface area contributed by atoms with Crippen molar-refractivity contribution in [2.45, 2.75) is 50.5 Å². The van der Waals surface area contributed by atoms with Gasteiger partial charge in [-0.25, -0.2) is 4.39 Å². The van der Waals surface area contributed by atoms with Crippen molar-refractivity contribution >= 4 is 27.5 Å². The molecule has 0 aliphatic carbocycles. The quantitative estimate of drug-likeness (QED) is 0.185. The van der Waals surface area contributed by atoms with Gasteiger partial charge >= 0.3 is 10.1 Å². The second-order valence-corrected chi connectivity index (χ2v) is 12.9. The lowest BCUT2D eigenvalue weighted by Crippen LogP contribution is -2.37. The van der Waals surface area contributed by atoms with E-state index >= 15 is 0 Å². The van der Waals surface area contributed by atoms with E-state index in [0.717, 1.165) is 50.9 Å². The van der Waals surface area contributed by atoms with E-state index in [1.54, 1.807) is 42.3 Å². The number of unbranched alkanes of at least 4 members (excludes halogenated alkanes) is 1. The molecule has 11 heteroatoms. The van der Waals surface area contributed by atoms with E-state index in [2.05, 4.69) is 10.1 Å². The maximum atomic E-state index is 13.2. The Morgan fingerprint density at radius 2 is 1.65 bits per heavy atom. The van der Waals surface area contributed by atoms with Crippen molar-refractivity contribution in [2.75, 3.05) is 33.2 Å². The number of Topliss-reactive ketones (excluding diaryl/α,β-unsaturated/α-hetero) is 1. The van der Waals surface area contributed by atoms with E-state index in [4.69, 9.17) is 4.28 Å². The summed E-state index contributed by atoms with van der Waals surface area (Å²) in [6.07, 6.45) is 5.54. The van der Waals surface area contributed by atoms with Crippen LogP contribution in [0.1, 0.15) is 64.1 Å². The molecule has 0 spiro atoms. The molecule has 0 bridgehead atoms. The Hall–Kier alpha value is -3.83. The maximum Gasteiger partial charge on any atom is 0.358 e. The number of amides is 1. The minimum atomic E-state index is -4.09. The van der Waals surface area contributed by atoms with Gasteiger partial charge in [-0.2, -0.15) is 8.42 Å². The van der Waals surface area contributed by atoms with E-state index in [9.17, 15) is 22.4 Å². The van der Waals surface area contributed by atoms with Crippen molar-refractivity contribution in [2.24, 2.45) is 11.1 Å². The van der Waals surface area contributed by atoms with Crippen LogP contribution in [0.5, 0.6) is 0 Å². The Balaban J connectivity index is 1.16. The third-order valence-electron chi connectivity index (χ3n) is 8.27. The van der Waals surface area contributed by atoms with Crippen LogP contribution in [0.15, 0.2) is 70.8 Å². The van der Waals surface area contributed by atoms with Crippen LogP contribution in [0.3, 0.4) is 0 Å². The molecule has 1 saturated heterocycles. The standard InChI is InChI=1S/C32H37FN4O5S/c1-23-5-11-27(12-6-23)43(40,41)42-34-29-16-19-35(2)32(39)30-28(29)15-22-37(30)18-4-3-17-36-20-13-25(14-21-36)31(38)24-7-9-26(33)10-8-24/h5-12,15,22,25H,3-4,13-14,16-21H2,1-2H3. The number of oxime groups is 1. The number of carbonyl (C=O) groups excluding carboxylic acids is 2. The maximum absolute atomic E-state index is 13.2. The number of halogens is 1. The monoisotopic (exact) mass is 608 g/mol. The predicted molar refractivity (Wildman–Crippen MR) is 161 cm³/mol. The molecular weight excluding hydrogens is 571 g/mol. The molecule has 1 aromatic heterocycles. The number of fused-ring (bicyclic) bond motifs is 1. The summed E-state index contributed by atoms with van der Waals surface area (Å²) in [6, 6.07) is 13.9. The molecule has 43 heavy (non-hydrogen) atoms. The molecule has 0 unspecified atom stereocenters. The second-order valence-electron chi connectivity index (χ2n) is 11.3. The summed E-state index contributed by atoms with van der Waals surface area (Å²) in [6.45, 7) is 5.46. The summed E-state index contributed by atoms with van der Waals surface area (Å²) in [5.41, 5.74) is 2.98. The van der Waals surface area contributed by atoms with Crippen LogP contribution in [0.2, 0.25) is 0 Å². The van der Waals surface area contributed by atoms with Gasteiger partial charge in [0, 0.05) is 49.8 Å². The molecule has 9 nitrogen and oxygen atoms in total. The van der Waals surface area contributed by atoms with E-state index in [1.165, 1.54) is 24.3 Å². The lowest BCUT2D eigenvalue weighted by Gasteiger charge is -2.31. The normalized spacial score (nSPS) is 17.6. The first-order valence-corrected chi connectivity index (χ1v) is 16.1. The van der Waals surface area contributed by atoms with Crippen LogP contribution in [0.25, 0.3) is 0 Å². The van der Waals surface area contributed by atoms with Crippen molar-refractivity contribution < 1.29 is 26.7 Å². The van der Waals surface area contributed by atoms with Gasteiger partial charge < -0.3 is 14.4 Å². The first kappa shape index (κ1) is 30.6. The average Bonchev–Trinajstić information content (AvgIpc) is 3.38. The summed E-state index contributed by atoms with van der Waals surface area (Å²) in [4.78, 5) is 30.0. The second kappa shape index (κ2) is 13.2. The van der Waals surface area contributed by atoms with E-state index in [1.807, 2.05) is 17.7 Å². The number of carbonyl (C=O) groups is 2. The fourth-order valence-corrected chi connectivity index (χ4v) is 6.39. The number of hydrogen-bond donors (Lipinski definition) is 0. The average molecular weight is 609 g/mol. The minimum absolute atomic E-state index is 0.0192. The Labute approximate surface area is 252 Å². The number of likely N-dealkylation sites (tertiary alicyclic amines) is 1. The molecule has 228 valence electrons. The Morgan fingerprint density at radius 3 is 2.35 bits per heavy atom. The van der Waals surface area contributed by atoms with Gasteiger partial charge in [0.05, 0.1) is 5.71 Å². The topological polar surface area (TPSA) is 101 Å². The molecule has 0 N–H and O–H groups in total. The van der Waals surface area contributed by atoms with Crippen molar-refractivity contribution in [3.8, 4) is 0 Å². The molecule has 2 aliphatic heterocycles. The zero-order valence-electron chi connectivity index (χ0n) is 24.5. The lowest BCUT2D eigenvalue weighted by molar-refractivity contribution is 0.0788. The summed E-state index contributed by atoms with van der Waals surface area (Å²) in [7, 11) is -2.37. The Bertz CT molecular complexity index is 1590. The van der Waals surface area contributed by atoms with Crippen LogP contribution < -0.4 is 0 Å². The summed E-state index contributed by atoms with van der Waals surface area (Å²) in [5, 5.41) is 4.03. The van der Waals surface area contributed by atoms with Crippen molar-refractivity contribution in [3.63, 3.8) is 0 Å². The number of piperidine rings is 1. The van der Waals surface area contributed by atoms with Gasteiger partial charge in [0.2, 0.25) is 0 Å². The van der Waals surface area contributed by atoms with E-state index in [0.29, 0.717) is 42.0 Å². The van der Waals surface area contributed by atoms with Crippen molar-refractivity contribution in [3.05, 3.63) is 89.0 Å². The molecule has 0 radical (unpaired) electrons. The SMILES string of the molecule is Cc1ccc(S(=O)(=O)ON=C2CCN(C)C(=O)c3c2ccn3CCCCN2CCC(C(=O)c3ccc(F)cc3)CC2)cc1. The summed E-state index contributed by atoms with van der Waals surface area (Å²) in [5.74, 6) is -0.430. The van der Waals surface area contributed by atoms with Gasteiger partial charge in [0.25, 0.3) is 5.91 Å². The zero-order chi connectivity index (χ0) is 30.6. The summed E-state index contributed by atoms with van der Waals surface area (Å²) < 4.78 is 45.6. The van der Waals surface area contributed by atoms with Crippen molar-refractivity contribution in [1.82, 2.24) is 14.4 Å². The van der Waals surface area contributed by atoms with Gasteiger partial charge in [0.1, 0.15) is 16.4 Å². The fourth-order valence-electron chi connectivity index (χ4n) is 5.64. The molecule has 5 rings (SSSR count). The number of aryl methyl sites for hydroxylation is 2. The lowest BCUT2D eigenvalue weighted by atomic mass is 9.89. The van der Waals surface area contributed by atoms with Crippen LogP contribution in [0, 0.1) is 18.7 Å². The van der Waals surface area contributed by atoms with Crippen LogP contribution in [-0.4, -0.2) is 73.4 Å². The number of hydrogen-bond acceptors (Lipinski definition) is 7. The third kappa shape index (κ3) is 7.22. The molecule has 3 heterocycles. The number of rotatable bonds is 10. The Kier molecular flexibility index (Phi) is 9.41. The largest absolute Gasteiger partial charge is 0.358 e. The van der Waals surface area contributed by atoms with Crippen LogP contribution in [-0.2, 0) is 20.9 Å².